The summed E-state index contributed by atoms with van der Waals surface area (Å²) >= 11 is 1.20. The molecule has 0 spiro atoms. The van der Waals surface area contributed by atoms with Crippen molar-refractivity contribution in [1.82, 2.24) is 4.98 Å². The summed E-state index contributed by atoms with van der Waals surface area (Å²) in [6.07, 6.45) is -1.78. The largest absolute Gasteiger partial charge is 0.416 e. The molecule has 0 aromatic carbocycles. The van der Waals surface area contributed by atoms with Crippen LogP contribution in [0.5, 0.6) is 0 Å². The Hall–Kier alpha value is -0.910. The number of halogens is 3. The van der Waals surface area contributed by atoms with Gasteiger partial charge in [0.2, 0.25) is 0 Å². The zero-order valence-electron chi connectivity index (χ0n) is 9.06. The molecule has 90 valence electrons. The van der Waals surface area contributed by atoms with Gasteiger partial charge >= 0.3 is 6.18 Å². The average molecular weight is 250 g/mol. The molecule has 6 heteroatoms. The zero-order valence-corrected chi connectivity index (χ0v) is 9.87. The summed E-state index contributed by atoms with van der Waals surface area (Å²) in [5.74, 6) is 0.279. The minimum absolute atomic E-state index is 0.279. The molecule has 0 fully saturated rings. The van der Waals surface area contributed by atoms with Crippen LogP contribution < -0.4 is 5.32 Å². The van der Waals surface area contributed by atoms with E-state index in [1.807, 2.05) is 6.92 Å². The Morgan fingerprint density at radius 2 is 2.06 bits per heavy atom. The first-order valence-corrected chi connectivity index (χ1v) is 6.07. The van der Waals surface area contributed by atoms with Crippen LogP contribution in [0.25, 0.3) is 0 Å². The van der Waals surface area contributed by atoms with E-state index in [0.29, 0.717) is 11.6 Å². The summed E-state index contributed by atoms with van der Waals surface area (Å²) in [5, 5.41) is 3.23. The highest BCUT2D eigenvalue weighted by atomic mass is 32.2. The van der Waals surface area contributed by atoms with Gasteiger partial charge in [0.25, 0.3) is 0 Å². The molecule has 1 N–H and O–H groups in total. The minimum Gasteiger partial charge on any atom is -0.370 e. The molecule has 1 rings (SSSR count). The van der Waals surface area contributed by atoms with Crippen LogP contribution in [0.3, 0.4) is 0 Å². The molecule has 1 aromatic heterocycles. The van der Waals surface area contributed by atoms with Crippen LogP contribution in [0.15, 0.2) is 17.2 Å². The number of aromatic nitrogens is 1. The van der Waals surface area contributed by atoms with Gasteiger partial charge in [0.1, 0.15) is 5.82 Å². The number of pyridine rings is 1. The van der Waals surface area contributed by atoms with Crippen LogP contribution in [0.1, 0.15) is 18.9 Å². The van der Waals surface area contributed by atoms with Gasteiger partial charge in [0, 0.05) is 6.54 Å². The van der Waals surface area contributed by atoms with Gasteiger partial charge in [-0.1, -0.05) is 6.92 Å². The van der Waals surface area contributed by atoms with E-state index in [1.165, 1.54) is 11.8 Å². The fourth-order valence-electron chi connectivity index (χ4n) is 1.12. The molecule has 0 atom stereocenters. The molecular weight excluding hydrogens is 237 g/mol. The van der Waals surface area contributed by atoms with Crippen LogP contribution >= 0.6 is 11.8 Å². The minimum atomic E-state index is -4.32. The van der Waals surface area contributed by atoms with E-state index in [2.05, 4.69) is 10.3 Å². The third-order valence-corrected chi connectivity index (χ3v) is 2.52. The summed E-state index contributed by atoms with van der Waals surface area (Å²) in [7, 11) is 0. The van der Waals surface area contributed by atoms with E-state index >= 15 is 0 Å². The van der Waals surface area contributed by atoms with Crippen molar-refractivity contribution < 1.29 is 13.2 Å². The Morgan fingerprint density at radius 1 is 1.38 bits per heavy atom. The van der Waals surface area contributed by atoms with Crippen LogP contribution in [0.2, 0.25) is 0 Å². The van der Waals surface area contributed by atoms with Gasteiger partial charge in [-0.2, -0.15) is 13.2 Å². The fourth-order valence-corrected chi connectivity index (χ4v) is 1.55. The summed E-state index contributed by atoms with van der Waals surface area (Å²) < 4.78 is 37.6. The van der Waals surface area contributed by atoms with E-state index in [9.17, 15) is 13.2 Å². The molecule has 0 amide bonds. The van der Waals surface area contributed by atoms with E-state index in [0.717, 1.165) is 18.6 Å². The Morgan fingerprint density at radius 3 is 2.56 bits per heavy atom. The molecule has 1 heterocycles. The van der Waals surface area contributed by atoms with E-state index in [-0.39, 0.29) is 5.82 Å². The lowest BCUT2D eigenvalue weighted by atomic mass is 10.2. The predicted octanol–water partition coefficient (Wildman–Crippen LogP) is 3.64. The van der Waals surface area contributed by atoms with Crippen molar-refractivity contribution in [2.24, 2.45) is 0 Å². The fraction of sp³-hybridized carbons (Fsp3) is 0.500. The number of nitrogens with zero attached hydrogens (tertiary/aromatic N) is 1. The molecule has 2 nitrogen and oxygen atoms in total. The third kappa shape index (κ3) is 3.59. The molecule has 0 aliphatic rings. The molecule has 0 aliphatic carbocycles. The van der Waals surface area contributed by atoms with Crippen LogP contribution in [-0.2, 0) is 6.18 Å². The summed E-state index contributed by atoms with van der Waals surface area (Å²) in [5.41, 5.74) is -0.662. The quantitative estimate of drug-likeness (QED) is 0.826. The van der Waals surface area contributed by atoms with Crippen molar-refractivity contribution >= 4 is 17.6 Å². The zero-order chi connectivity index (χ0) is 12.2. The first kappa shape index (κ1) is 13.2. The number of thioether (sulfide) groups is 1. The van der Waals surface area contributed by atoms with E-state index < -0.39 is 11.7 Å². The van der Waals surface area contributed by atoms with Crippen LogP contribution in [-0.4, -0.2) is 17.8 Å². The van der Waals surface area contributed by atoms with Crippen LogP contribution in [0.4, 0.5) is 19.0 Å². The summed E-state index contributed by atoms with van der Waals surface area (Å²) in [4.78, 5) is 4.05. The maximum atomic E-state index is 12.5. The predicted molar refractivity (Wildman–Crippen MR) is 59.8 cm³/mol. The number of hydrogen-bond donors (Lipinski definition) is 1. The highest BCUT2D eigenvalue weighted by Crippen LogP contribution is 2.32. The highest BCUT2D eigenvalue weighted by molar-refractivity contribution is 7.98. The maximum absolute atomic E-state index is 12.5. The van der Waals surface area contributed by atoms with Crippen molar-refractivity contribution in [2.45, 2.75) is 24.5 Å². The van der Waals surface area contributed by atoms with Gasteiger partial charge in [-0.05, 0) is 24.8 Å². The first-order chi connectivity index (χ1) is 7.47. The lowest BCUT2D eigenvalue weighted by Gasteiger charge is -2.11. The molecule has 0 saturated carbocycles. The Kier molecular flexibility index (Phi) is 4.46. The summed E-state index contributed by atoms with van der Waals surface area (Å²) in [6, 6.07) is 2.09. The van der Waals surface area contributed by atoms with E-state index in [1.54, 1.807) is 6.26 Å². The third-order valence-electron chi connectivity index (χ3n) is 1.89. The molecule has 0 saturated heterocycles. The molecule has 0 unspecified atom stereocenters. The van der Waals surface area contributed by atoms with Gasteiger partial charge in [-0.15, -0.1) is 11.8 Å². The Balaban J connectivity index is 3.01. The normalized spacial score (nSPS) is 11.6. The van der Waals surface area contributed by atoms with E-state index in [4.69, 9.17) is 0 Å². The lowest BCUT2D eigenvalue weighted by molar-refractivity contribution is -0.137. The Bertz CT molecular complexity index is 352. The van der Waals surface area contributed by atoms with Crippen LogP contribution in [0, 0.1) is 0 Å². The molecule has 0 bridgehead atoms. The second kappa shape index (κ2) is 5.43. The van der Waals surface area contributed by atoms with Gasteiger partial charge in [0.15, 0.2) is 0 Å². The van der Waals surface area contributed by atoms with Crippen molar-refractivity contribution in [3.05, 3.63) is 17.7 Å². The Labute approximate surface area is 96.6 Å². The lowest BCUT2D eigenvalue weighted by Crippen LogP contribution is -2.09. The maximum Gasteiger partial charge on any atom is 0.416 e. The second-order valence-corrected chi connectivity index (χ2v) is 4.03. The SMILES string of the molecule is CCCNc1cc(C(F)(F)F)cc(SC)n1. The molecular formula is C10H13F3N2S. The first-order valence-electron chi connectivity index (χ1n) is 4.84. The number of anilines is 1. The monoisotopic (exact) mass is 250 g/mol. The smallest absolute Gasteiger partial charge is 0.370 e. The number of nitrogens with one attached hydrogen (secondary N) is 1. The van der Waals surface area contributed by atoms with Gasteiger partial charge in [-0.3, -0.25) is 0 Å². The van der Waals surface area contributed by atoms with Gasteiger partial charge in [0.05, 0.1) is 10.6 Å². The number of rotatable bonds is 4. The van der Waals surface area contributed by atoms with Crippen molar-refractivity contribution in [2.75, 3.05) is 18.1 Å². The molecule has 16 heavy (non-hydrogen) atoms. The highest BCUT2D eigenvalue weighted by Gasteiger charge is 2.31. The van der Waals surface area contributed by atoms with Crippen molar-refractivity contribution in [3.8, 4) is 0 Å². The van der Waals surface area contributed by atoms with Gasteiger partial charge in [-0.25, -0.2) is 4.98 Å². The number of alkyl halides is 3. The standard InChI is InChI=1S/C10H13F3N2S/c1-3-4-14-8-5-7(10(11,12)13)6-9(15-8)16-2/h5-6H,3-4H2,1-2H3,(H,14,15). The summed E-state index contributed by atoms with van der Waals surface area (Å²) in [6.45, 7) is 2.55. The van der Waals surface area contributed by atoms with Crippen molar-refractivity contribution in [1.29, 1.82) is 0 Å². The second-order valence-electron chi connectivity index (χ2n) is 3.21. The van der Waals surface area contributed by atoms with Gasteiger partial charge < -0.3 is 5.32 Å². The molecule has 0 radical (unpaired) electrons. The van der Waals surface area contributed by atoms with Crippen molar-refractivity contribution in [3.63, 3.8) is 0 Å². The molecule has 1 aromatic rings. The average Bonchev–Trinajstić information content (AvgIpc) is 2.24. The number of hydrogen-bond acceptors (Lipinski definition) is 3. The topological polar surface area (TPSA) is 24.9 Å². The molecule has 0 aliphatic heterocycles.